The Morgan fingerprint density at radius 3 is 2.54 bits per heavy atom. The summed E-state index contributed by atoms with van der Waals surface area (Å²) in [5, 5.41) is 41.8. The van der Waals surface area contributed by atoms with Gasteiger partial charge in [0.15, 0.2) is 5.96 Å². The van der Waals surface area contributed by atoms with Crippen molar-refractivity contribution in [1.82, 2.24) is 16.0 Å². The first-order valence-electron chi connectivity index (χ1n) is 13.1. The second-order valence-corrected chi connectivity index (χ2v) is 11.5. The number of carbonyl (C=O) groups excluding carboxylic acids is 3. The first-order chi connectivity index (χ1) is 19.3. The van der Waals surface area contributed by atoms with Crippen LogP contribution in [0.15, 0.2) is 39.8 Å². The number of rotatable bonds is 9. The second-order valence-electron chi connectivity index (χ2n) is 10.6. The van der Waals surface area contributed by atoms with Crippen molar-refractivity contribution in [3.63, 3.8) is 0 Å². The van der Waals surface area contributed by atoms with Crippen LogP contribution in [0.25, 0.3) is 0 Å². The molecule has 7 N–H and O–H groups in total. The lowest BCUT2D eigenvalue weighted by molar-refractivity contribution is -0.143. The molecule has 2 amide bonds. The maximum Gasteiger partial charge on any atom is 0.308 e. The molecule has 1 aliphatic heterocycles. The Morgan fingerprint density at radius 1 is 1.17 bits per heavy atom. The topological polar surface area (TPSA) is 182 Å². The highest BCUT2D eigenvalue weighted by atomic mass is 79.9. The Bertz CT molecular complexity index is 1330. The van der Waals surface area contributed by atoms with Gasteiger partial charge in [-0.05, 0) is 36.6 Å². The van der Waals surface area contributed by atoms with Gasteiger partial charge < -0.3 is 41.3 Å². The number of carbonyl (C=O) groups is 3. The third-order valence-corrected chi connectivity index (χ3v) is 6.57. The molecule has 0 aliphatic carbocycles. The number of esters is 1. The standard InChI is InChI=1S/C28H36BrN5O7/c1-5-41-24(38)11-22(20-8-16(29)9-21(25(20)39)28(2,3)4)34-23(37)14-30-26(40)15-6-17(10-18(35)7-15)33-27-31-12-19(36)13-32-27/h6-10,19,22,35-36,39H,5,11-14H2,1-4H3,(H,30,40)(H,34,37)(H2,31,32,33)/t22-/m0/s1. The van der Waals surface area contributed by atoms with Crippen molar-refractivity contribution in [3.8, 4) is 11.5 Å². The van der Waals surface area contributed by atoms with E-state index in [0.717, 1.165) is 0 Å². The molecule has 0 saturated heterocycles. The SMILES string of the molecule is CCOC(=O)C[C@H](NC(=O)CNC(=O)c1cc(O)cc(NC2=NCC(O)CN2)c1)c1cc(Br)cc(C(C)(C)C)c1O. The number of aromatic hydroxyl groups is 2. The fourth-order valence-electron chi connectivity index (χ4n) is 4.16. The Morgan fingerprint density at radius 2 is 1.90 bits per heavy atom. The van der Waals surface area contributed by atoms with Crippen LogP contribution in [0.5, 0.6) is 11.5 Å². The van der Waals surface area contributed by atoms with Gasteiger partial charge in [-0.25, -0.2) is 0 Å². The molecule has 12 nitrogen and oxygen atoms in total. The minimum absolute atomic E-state index is 0.0503. The molecular weight excluding hydrogens is 598 g/mol. The van der Waals surface area contributed by atoms with Crippen molar-refractivity contribution >= 4 is 45.4 Å². The average molecular weight is 635 g/mol. The third-order valence-electron chi connectivity index (χ3n) is 6.12. The van der Waals surface area contributed by atoms with Gasteiger partial charge in [-0.3, -0.25) is 19.4 Å². The van der Waals surface area contributed by atoms with Gasteiger partial charge in [-0.15, -0.1) is 0 Å². The maximum atomic E-state index is 12.9. The number of benzene rings is 2. The molecule has 2 aromatic rings. The number of nitrogens with one attached hydrogen (secondary N) is 4. The molecule has 1 aliphatic rings. The molecule has 0 aromatic heterocycles. The smallest absolute Gasteiger partial charge is 0.308 e. The van der Waals surface area contributed by atoms with Crippen molar-refractivity contribution in [2.45, 2.75) is 51.7 Å². The number of aliphatic hydroxyl groups is 1. The van der Waals surface area contributed by atoms with E-state index >= 15 is 0 Å². The van der Waals surface area contributed by atoms with Gasteiger partial charge >= 0.3 is 5.97 Å². The van der Waals surface area contributed by atoms with Crippen LogP contribution in [0.2, 0.25) is 0 Å². The fraction of sp³-hybridized carbons (Fsp3) is 0.429. The first-order valence-corrected chi connectivity index (χ1v) is 13.9. The van der Waals surface area contributed by atoms with Crippen LogP contribution in [0.4, 0.5) is 5.69 Å². The molecule has 2 atom stereocenters. The highest BCUT2D eigenvalue weighted by Crippen LogP contribution is 2.39. The number of aliphatic hydroxyl groups excluding tert-OH is 1. The Hall–Kier alpha value is -3.84. The van der Waals surface area contributed by atoms with Crippen molar-refractivity contribution in [2.75, 3.05) is 31.6 Å². The Labute approximate surface area is 246 Å². The minimum atomic E-state index is -0.934. The van der Waals surface area contributed by atoms with E-state index in [4.69, 9.17) is 4.74 Å². The molecule has 0 bridgehead atoms. The number of halogens is 1. The van der Waals surface area contributed by atoms with E-state index in [1.807, 2.05) is 20.8 Å². The van der Waals surface area contributed by atoms with E-state index in [-0.39, 0.29) is 36.6 Å². The van der Waals surface area contributed by atoms with Crippen LogP contribution >= 0.6 is 15.9 Å². The van der Waals surface area contributed by atoms with Crippen LogP contribution in [-0.4, -0.2) is 71.4 Å². The summed E-state index contributed by atoms with van der Waals surface area (Å²) in [6.07, 6.45) is -0.834. The van der Waals surface area contributed by atoms with Crippen molar-refractivity contribution in [3.05, 3.63) is 51.5 Å². The normalized spacial score (nSPS) is 15.7. The van der Waals surface area contributed by atoms with Crippen LogP contribution in [0, 0.1) is 0 Å². The predicted octanol–water partition coefficient (Wildman–Crippen LogP) is 2.43. The number of amides is 2. The van der Waals surface area contributed by atoms with Crippen molar-refractivity contribution < 1.29 is 34.4 Å². The molecule has 1 unspecified atom stereocenters. The average Bonchev–Trinajstić information content (AvgIpc) is 2.88. The van der Waals surface area contributed by atoms with E-state index in [0.29, 0.717) is 33.8 Å². The summed E-state index contributed by atoms with van der Waals surface area (Å²) in [5.74, 6) is -1.66. The largest absolute Gasteiger partial charge is 0.508 e. The second kappa shape index (κ2) is 13.7. The molecule has 3 rings (SSSR count). The van der Waals surface area contributed by atoms with Crippen molar-refractivity contribution in [2.24, 2.45) is 4.99 Å². The van der Waals surface area contributed by atoms with Crippen LogP contribution in [-0.2, 0) is 19.7 Å². The van der Waals surface area contributed by atoms with Gasteiger partial charge in [0.25, 0.3) is 5.91 Å². The van der Waals surface area contributed by atoms with Gasteiger partial charge in [-0.1, -0.05) is 36.7 Å². The van der Waals surface area contributed by atoms with Gasteiger partial charge in [0.05, 0.1) is 38.3 Å². The summed E-state index contributed by atoms with van der Waals surface area (Å²) in [7, 11) is 0. The first kappa shape index (κ1) is 31.7. The van der Waals surface area contributed by atoms with Crippen LogP contribution < -0.4 is 21.3 Å². The lowest BCUT2D eigenvalue weighted by atomic mass is 9.84. The summed E-state index contributed by atoms with van der Waals surface area (Å²) >= 11 is 3.45. The molecule has 13 heteroatoms. The number of aliphatic imine (C=N–C) groups is 1. The maximum absolute atomic E-state index is 12.9. The van der Waals surface area contributed by atoms with Gasteiger partial charge in [0.1, 0.15) is 11.5 Å². The number of hydrogen-bond donors (Lipinski definition) is 7. The van der Waals surface area contributed by atoms with Crippen LogP contribution in [0.1, 0.15) is 61.6 Å². The lowest BCUT2D eigenvalue weighted by Crippen LogP contribution is -2.42. The molecule has 0 radical (unpaired) electrons. The highest BCUT2D eigenvalue weighted by Gasteiger charge is 2.28. The zero-order valence-electron chi connectivity index (χ0n) is 23.4. The third kappa shape index (κ3) is 9.08. The van der Waals surface area contributed by atoms with Crippen LogP contribution in [0.3, 0.4) is 0 Å². The molecule has 0 spiro atoms. The number of guanidine groups is 1. The fourth-order valence-corrected chi connectivity index (χ4v) is 4.63. The number of phenolic OH excluding ortho intramolecular Hbond substituents is 2. The summed E-state index contributed by atoms with van der Waals surface area (Å²) < 4.78 is 5.73. The molecule has 2 aromatic carbocycles. The summed E-state index contributed by atoms with van der Waals surface area (Å²) in [6.45, 7) is 7.68. The predicted molar refractivity (Wildman–Crippen MR) is 157 cm³/mol. The van der Waals surface area contributed by atoms with Crippen molar-refractivity contribution in [1.29, 1.82) is 0 Å². The number of phenols is 2. The number of ether oxygens (including phenoxy) is 1. The molecule has 0 fully saturated rings. The van der Waals surface area contributed by atoms with E-state index in [1.165, 1.54) is 18.2 Å². The summed E-state index contributed by atoms with van der Waals surface area (Å²) in [5.41, 5.74) is 0.978. The zero-order chi connectivity index (χ0) is 30.3. The zero-order valence-corrected chi connectivity index (χ0v) is 25.0. The van der Waals surface area contributed by atoms with Gasteiger partial charge in [0.2, 0.25) is 5.91 Å². The van der Waals surface area contributed by atoms with E-state index in [2.05, 4.69) is 42.2 Å². The number of nitrogens with zero attached hydrogens (tertiary/aromatic N) is 1. The van der Waals surface area contributed by atoms with E-state index in [1.54, 1.807) is 19.1 Å². The quantitative estimate of drug-likeness (QED) is 0.204. The van der Waals surface area contributed by atoms with E-state index < -0.39 is 41.9 Å². The molecule has 0 saturated carbocycles. The highest BCUT2D eigenvalue weighted by molar-refractivity contribution is 9.10. The molecular formula is C28H36BrN5O7. The minimum Gasteiger partial charge on any atom is -0.508 e. The number of β-amino-alcohol motifs (C(OH)–C–C–N with tert-alkyl or cyclic N) is 1. The molecule has 1 heterocycles. The Balaban J connectivity index is 1.73. The van der Waals surface area contributed by atoms with E-state index in [9.17, 15) is 29.7 Å². The molecule has 222 valence electrons. The number of hydrogen-bond acceptors (Lipinski definition) is 10. The number of anilines is 1. The van der Waals surface area contributed by atoms with Gasteiger partial charge in [-0.2, -0.15) is 0 Å². The Kier molecular flexibility index (Phi) is 10.6. The summed E-state index contributed by atoms with van der Waals surface area (Å²) in [4.78, 5) is 42.3. The van der Waals surface area contributed by atoms with Gasteiger partial charge in [0, 0.05) is 39.5 Å². The monoisotopic (exact) mass is 633 g/mol. The lowest BCUT2D eigenvalue weighted by Gasteiger charge is -2.26. The summed E-state index contributed by atoms with van der Waals surface area (Å²) in [6, 6.07) is 6.58. The molecule has 41 heavy (non-hydrogen) atoms.